The minimum atomic E-state index is -0.928. The number of urea groups is 1. The smallest absolute Gasteiger partial charge is 0.325 e. The lowest BCUT2D eigenvalue weighted by atomic mass is 9.87. The fourth-order valence-electron chi connectivity index (χ4n) is 4.11. The van der Waals surface area contributed by atoms with Crippen molar-refractivity contribution < 1.29 is 19.1 Å². The van der Waals surface area contributed by atoms with Crippen molar-refractivity contribution in [3.05, 3.63) is 65.7 Å². The van der Waals surface area contributed by atoms with Crippen LogP contribution in [0.3, 0.4) is 0 Å². The third-order valence-electron chi connectivity index (χ3n) is 5.75. The molecule has 0 bridgehead atoms. The minimum absolute atomic E-state index is 0.119. The number of carbonyl (C=O) groups excluding carboxylic acids is 3. The van der Waals surface area contributed by atoms with Gasteiger partial charge in [-0.2, -0.15) is 0 Å². The zero-order chi connectivity index (χ0) is 21.1. The highest BCUT2D eigenvalue weighted by atomic mass is 16.5. The maximum absolute atomic E-state index is 13.1. The first kappa shape index (κ1) is 19.9. The summed E-state index contributed by atoms with van der Waals surface area (Å²) in [5, 5.41) is 2.90. The van der Waals surface area contributed by atoms with Gasteiger partial charge in [0.05, 0.1) is 18.7 Å². The molecule has 2 aliphatic rings. The number of imide groups is 1. The van der Waals surface area contributed by atoms with Gasteiger partial charge in [-0.25, -0.2) is 4.79 Å². The van der Waals surface area contributed by atoms with Crippen molar-refractivity contribution in [3.63, 3.8) is 0 Å². The van der Waals surface area contributed by atoms with Gasteiger partial charge in [-0.1, -0.05) is 42.5 Å². The summed E-state index contributed by atoms with van der Waals surface area (Å²) < 4.78 is 5.58. The summed E-state index contributed by atoms with van der Waals surface area (Å²) in [6.45, 7) is 3.39. The van der Waals surface area contributed by atoms with Crippen LogP contribution >= 0.6 is 0 Å². The van der Waals surface area contributed by atoms with Crippen molar-refractivity contribution in [3.8, 4) is 5.75 Å². The lowest BCUT2D eigenvalue weighted by Gasteiger charge is -2.37. The summed E-state index contributed by atoms with van der Waals surface area (Å²) >= 11 is 0. The first-order chi connectivity index (χ1) is 14.5. The van der Waals surface area contributed by atoms with E-state index in [0.717, 1.165) is 5.56 Å². The van der Waals surface area contributed by atoms with E-state index < -0.39 is 5.54 Å². The Morgan fingerprint density at radius 2 is 1.70 bits per heavy atom. The number of ether oxygens (including phenoxy) is 1. The average molecular weight is 407 g/mol. The van der Waals surface area contributed by atoms with Crippen LogP contribution in [0.1, 0.15) is 35.7 Å². The minimum Gasteiger partial charge on any atom is -0.493 e. The first-order valence-electron chi connectivity index (χ1n) is 10.2. The molecule has 4 rings (SSSR count). The highest BCUT2D eigenvalue weighted by molar-refractivity contribution is 6.07. The second-order valence-electron chi connectivity index (χ2n) is 7.61. The molecule has 0 unspecified atom stereocenters. The Bertz CT molecular complexity index is 952. The van der Waals surface area contributed by atoms with E-state index in [4.69, 9.17) is 4.74 Å². The molecule has 2 aliphatic heterocycles. The lowest BCUT2D eigenvalue weighted by Crippen LogP contribution is -2.55. The molecule has 1 N–H and O–H groups in total. The SMILES string of the molecule is CCOc1ccccc1C(=O)N1CCC2(CC1)NC(=O)N(Cc1ccccc1)C2=O. The Labute approximate surface area is 175 Å². The zero-order valence-corrected chi connectivity index (χ0v) is 17.0. The average Bonchev–Trinajstić information content (AvgIpc) is 2.99. The van der Waals surface area contributed by atoms with E-state index in [1.54, 1.807) is 17.0 Å². The summed E-state index contributed by atoms with van der Waals surface area (Å²) in [6.07, 6.45) is 0.789. The largest absolute Gasteiger partial charge is 0.493 e. The molecule has 2 aromatic rings. The monoisotopic (exact) mass is 407 g/mol. The highest BCUT2D eigenvalue weighted by Crippen LogP contribution is 2.31. The topological polar surface area (TPSA) is 79.0 Å². The summed E-state index contributed by atoms with van der Waals surface area (Å²) in [5.74, 6) is 0.231. The van der Waals surface area contributed by atoms with E-state index in [1.807, 2.05) is 49.4 Å². The number of piperidine rings is 1. The van der Waals surface area contributed by atoms with Crippen LogP contribution in [-0.2, 0) is 11.3 Å². The quantitative estimate of drug-likeness (QED) is 0.773. The van der Waals surface area contributed by atoms with Crippen molar-refractivity contribution in [1.82, 2.24) is 15.1 Å². The number of likely N-dealkylation sites (tertiary alicyclic amines) is 1. The van der Waals surface area contributed by atoms with Crippen molar-refractivity contribution in [2.75, 3.05) is 19.7 Å². The number of rotatable bonds is 5. The molecular weight excluding hydrogens is 382 g/mol. The molecule has 0 aromatic heterocycles. The van der Waals surface area contributed by atoms with Crippen LogP contribution in [0.15, 0.2) is 54.6 Å². The molecule has 2 aromatic carbocycles. The van der Waals surface area contributed by atoms with Crippen molar-refractivity contribution >= 4 is 17.8 Å². The predicted octanol–water partition coefficient (Wildman–Crippen LogP) is 2.81. The highest BCUT2D eigenvalue weighted by Gasteiger charge is 2.52. The second-order valence-corrected chi connectivity index (χ2v) is 7.61. The molecule has 7 heteroatoms. The fraction of sp³-hybridized carbons (Fsp3) is 0.348. The molecule has 0 atom stereocenters. The normalized spacial score (nSPS) is 17.9. The van der Waals surface area contributed by atoms with Crippen LogP contribution in [0.25, 0.3) is 0 Å². The third-order valence-corrected chi connectivity index (χ3v) is 5.75. The van der Waals surface area contributed by atoms with Gasteiger partial charge in [-0.05, 0) is 37.5 Å². The maximum Gasteiger partial charge on any atom is 0.325 e. The molecule has 4 amide bonds. The maximum atomic E-state index is 13.1. The molecule has 0 saturated carbocycles. The van der Waals surface area contributed by atoms with E-state index >= 15 is 0 Å². The number of hydrogen-bond donors (Lipinski definition) is 1. The van der Waals surface area contributed by atoms with Gasteiger partial charge in [-0.3, -0.25) is 14.5 Å². The van der Waals surface area contributed by atoms with E-state index in [1.165, 1.54) is 4.90 Å². The van der Waals surface area contributed by atoms with Gasteiger partial charge in [0.15, 0.2) is 0 Å². The van der Waals surface area contributed by atoms with E-state index in [9.17, 15) is 14.4 Å². The van der Waals surface area contributed by atoms with Crippen molar-refractivity contribution in [2.45, 2.75) is 31.8 Å². The fourth-order valence-corrected chi connectivity index (χ4v) is 4.11. The van der Waals surface area contributed by atoms with Gasteiger partial charge < -0.3 is 15.0 Å². The van der Waals surface area contributed by atoms with Gasteiger partial charge in [0, 0.05) is 13.1 Å². The molecule has 0 radical (unpaired) electrons. The molecule has 0 aliphatic carbocycles. The number of para-hydroxylation sites is 1. The predicted molar refractivity (Wildman–Crippen MR) is 111 cm³/mol. The number of benzene rings is 2. The van der Waals surface area contributed by atoms with Gasteiger partial charge in [0.25, 0.3) is 11.8 Å². The Hall–Kier alpha value is -3.35. The standard InChI is InChI=1S/C23H25N3O4/c1-2-30-19-11-7-6-10-18(19)20(27)25-14-12-23(13-15-25)21(28)26(22(29)24-23)16-17-8-4-3-5-9-17/h3-11H,2,12-16H2,1H3,(H,24,29). The summed E-state index contributed by atoms with van der Waals surface area (Å²) in [5.41, 5.74) is 0.489. The summed E-state index contributed by atoms with van der Waals surface area (Å²) in [4.78, 5) is 41.6. The Morgan fingerprint density at radius 1 is 1.03 bits per heavy atom. The van der Waals surface area contributed by atoms with Crippen LogP contribution in [-0.4, -0.2) is 52.9 Å². The Morgan fingerprint density at radius 3 is 2.40 bits per heavy atom. The molecule has 156 valence electrons. The first-order valence-corrected chi connectivity index (χ1v) is 10.2. The van der Waals surface area contributed by atoms with Crippen LogP contribution in [0.5, 0.6) is 5.75 Å². The van der Waals surface area contributed by atoms with Gasteiger partial charge in [-0.15, -0.1) is 0 Å². The third kappa shape index (κ3) is 3.63. The van der Waals surface area contributed by atoms with Crippen molar-refractivity contribution in [2.24, 2.45) is 0 Å². The molecule has 30 heavy (non-hydrogen) atoms. The lowest BCUT2D eigenvalue weighted by molar-refractivity contribution is -0.133. The van der Waals surface area contributed by atoms with Crippen LogP contribution in [0.4, 0.5) is 4.79 Å². The van der Waals surface area contributed by atoms with Gasteiger partial charge in [0.2, 0.25) is 0 Å². The number of hydrogen-bond acceptors (Lipinski definition) is 4. The van der Waals surface area contributed by atoms with Crippen LogP contribution in [0, 0.1) is 0 Å². The van der Waals surface area contributed by atoms with E-state index in [0.29, 0.717) is 43.9 Å². The number of nitrogens with one attached hydrogen (secondary N) is 1. The number of nitrogens with zero attached hydrogens (tertiary/aromatic N) is 2. The Balaban J connectivity index is 1.44. The molecule has 2 fully saturated rings. The second kappa shape index (κ2) is 8.18. The summed E-state index contributed by atoms with van der Waals surface area (Å²) in [6, 6.07) is 16.3. The zero-order valence-electron chi connectivity index (χ0n) is 17.0. The van der Waals surface area contributed by atoms with Crippen LogP contribution < -0.4 is 10.1 Å². The van der Waals surface area contributed by atoms with E-state index in [2.05, 4.69) is 5.32 Å². The number of amides is 4. The molecule has 1 spiro atoms. The van der Waals surface area contributed by atoms with Gasteiger partial charge >= 0.3 is 6.03 Å². The molecule has 7 nitrogen and oxygen atoms in total. The summed E-state index contributed by atoms with van der Waals surface area (Å²) in [7, 11) is 0. The molecule has 2 heterocycles. The number of carbonyl (C=O) groups is 3. The molecule has 2 saturated heterocycles. The Kier molecular flexibility index (Phi) is 5.44. The van der Waals surface area contributed by atoms with E-state index in [-0.39, 0.29) is 24.4 Å². The van der Waals surface area contributed by atoms with Crippen LogP contribution in [0.2, 0.25) is 0 Å². The molecular formula is C23H25N3O4. The van der Waals surface area contributed by atoms with Crippen molar-refractivity contribution in [1.29, 1.82) is 0 Å². The van der Waals surface area contributed by atoms with Gasteiger partial charge in [0.1, 0.15) is 11.3 Å².